The van der Waals surface area contributed by atoms with E-state index in [0.717, 1.165) is 11.4 Å². The first-order valence-electron chi connectivity index (χ1n) is 4.05. The van der Waals surface area contributed by atoms with Crippen LogP contribution in [-0.2, 0) is 11.0 Å². The van der Waals surface area contributed by atoms with Crippen molar-refractivity contribution in [2.75, 3.05) is 17.6 Å². The predicted octanol–water partition coefficient (Wildman–Crippen LogP) is 1.79. The number of anilines is 1. The Kier molecular flexibility index (Phi) is 3.76. The molecule has 0 unspecified atom stereocenters. The zero-order valence-electron chi connectivity index (χ0n) is 7.74. The molecule has 0 saturated heterocycles. The minimum atomic E-state index is -0.977. The molecule has 0 bridgehead atoms. The van der Waals surface area contributed by atoms with E-state index in [1.54, 1.807) is 7.11 Å². The second-order valence-corrected chi connectivity index (χ2v) is 3.94. The monoisotopic (exact) mass is 199 g/mol. The highest BCUT2D eigenvalue weighted by atomic mass is 32.2. The molecule has 1 rings (SSSR count). The van der Waals surface area contributed by atoms with Crippen molar-refractivity contribution in [1.29, 1.82) is 0 Å². The van der Waals surface area contributed by atoms with Gasteiger partial charge in [-0.2, -0.15) is 0 Å². The molecule has 0 aliphatic carbocycles. The van der Waals surface area contributed by atoms with Crippen LogP contribution < -0.4 is 9.46 Å². The van der Waals surface area contributed by atoms with Crippen molar-refractivity contribution in [1.82, 2.24) is 0 Å². The first-order chi connectivity index (χ1) is 6.26. The summed E-state index contributed by atoms with van der Waals surface area (Å²) in [6, 6.07) is 7.34. The van der Waals surface area contributed by atoms with Crippen molar-refractivity contribution in [3.05, 3.63) is 24.3 Å². The van der Waals surface area contributed by atoms with E-state index in [0.29, 0.717) is 5.75 Å². The molecular formula is C9H13NO2S. The third-order valence-electron chi connectivity index (χ3n) is 1.58. The van der Waals surface area contributed by atoms with E-state index in [-0.39, 0.29) is 0 Å². The summed E-state index contributed by atoms with van der Waals surface area (Å²) >= 11 is 0. The molecular weight excluding hydrogens is 186 g/mol. The van der Waals surface area contributed by atoms with E-state index in [4.69, 9.17) is 4.74 Å². The maximum atomic E-state index is 11.1. The van der Waals surface area contributed by atoms with Gasteiger partial charge in [-0.1, -0.05) is 6.92 Å². The smallest absolute Gasteiger partial charge is 0.119 e. The summed E-state index contributed by atoms with van der Waals surface area (Å²) in [6.45, 7) is 1.87. The second-order valence-electron chi connectivity index (χ2n) is 2.46. The van der Waals surface area contributed by atoms with E-state index < -0.39 is 11.0 Å². The molecule has 1 aromatic carbocycles. The van der Waals surface area contributed by atoms with Crippen LogP contribution in [0.25, 0.3) is 0 Å². The minimum absolute atomic E-state index is 0.603. The summed E-state index contributed by atoms with van der Waals surface area (Å²) in [5.74, 6) is 1.40. The van der Waals surface area contributed by atoms with E-state index in [1.165, 1.54) is 0 Å². The maximum Gasteiger partial charge on any atom is 0.119 e. The van der Waals surface area contributed by atoms with E-state index in [1.807, 2.05) is 31.2 Å². The zero-order valence-corrected chi connectivity index (χ0v) is 8.56. The summed E-state index contributed by atoms with van der Waals surface area (Å²) in [4.78, 5) is 0. The normalized spacial score (nSPS) is 12.2. The Hall–Kier alpha value is -1.03. The summed E-state index contributed by atoms with van der Waals surface area (Å²) in [7, 11) is 0.640. The molecule has 0 aliphatic rings. The first-order valence-corrected chi connectivity index (χ1v) is 5.37. The number of rotatable bonds is 4. The van der Waals surface area contributed by atoms with Crippen LogP contribution in [0.2, 0.25) is 0 Å². The van der Waals surface area contributed by atoms with Gasteiger partial charge in [0.05, 0.1) is 7.11 Å². The van der Waals surface area contributed by atoms with Crippen LogP contribution in [0.1, 0.15) is 6.92 Å². The van der Waals surface area contributed by atoms with Gasteiger partial charge >= 0.3 is 0 Å². The van der Waals surface area contributed by atoms with Gasteiger partial charge in [0.1, 0.15) is 16.7 Å². The Bertz CT molecular complexity index is 284. The van der Waals surface area contributed by atoms with E-state index >= 15 is 0 Å². The highest BCUT2D eigenvalue weighted by molar-refractivity contribution is 7.86. The molecule has 0 aromatic heterocycles. The fraction of sp³-hybridized carbons (Fsp3) is 0.333. The quantitative estimate of drug-likeness (QED) is 0.803. The van der Waals surface area contributed by atoms with Gasteiger partial charge in [0.15, 0.2) is 0 Å². The third-order valence-corrected chi connectivity index (χ3v) is 2.57. The molecule has 0 heterocycles. The highest BCUT2D eigenvalue weighted by Crippen LogP contribution is 2.15. The molecule has 0 spiro atoms. The molecule has 72 valence electrons. The second kappa shape index (κ2) is 4.87. The summed E-state index contributed by atoms with van der Waals surface area (Å²) in [6.07, 6.45) is 0. The van der Waals surface area contributed by atoms with Crippen molar-refractivity contribution >= 4 is 16.7 Å². The maximum absolute atomic E-state index is 11.1. The lowest BCUT2D eigenvalue weighted by atomic mass is 10.3. The standard InChI is InChI=1S/C9H13NO2S/c1-3-13(11)10-8-4-6-9(12-2)7-5-8/h4-7,10H,3H2,1-2H3/t13-/m1/s1. The summed E-state index contributed by atoms with van der Waals surface area (Å²) < 4.78 is 19.0. The number of methoxy groups -OCH3 is 1. The lowest BCUT2D eigenvalue weighted by Gasteiger charge is -2.04. The lowest BCUT2D eigenvalue weighted by molar-refractivity contribution is 0.415. The number of nitrogens with one attached hydrogen (secondary N) is 1. The average molecular weight is 199 g/mol. The predicted molar refractivity (Wildman–Crippen MR) is 55.3 cm³/mol. The molecule has 0 saturated carbocycles. The van der Waals surface area contributed by atoms with Gasteiger partial charge in [0.2, 0.25) is 0 Å². The van der Waals surface area contributed by atoms with Gasteiger partial charge in [-0.3, -0.25) is 0 Å². The fourth-order valence-electron chi connectivity index (χ4n) is 0.863. The molecule has 0 radical (unpaired) electrons. The first kappa shape index (κ1) is 10.1. The summed E-state index contributed by atoms with van der Waals surface area (Å²) in [5, 5.41) is 0. The van der Waals surface area contributed by atoms with E-state index in [9.17, 15) is 4.21 Å². The summed E-state index contributed by atoms with van der Waals surface area (Å²) in [5.41, 5.74) is 0.848. The Morgan fingerprint density at radius 1 is 1.38 bits per heavy atom. The van der Waals surface area contributed by atoms with Crippen LogP contribution in [0.4, 0.5) is 5.69 Å². The van der Waals surface area contributed by atoms with Crippen molar-refractivity contribution in [2.45, 2.75) is 6.92 Å². The Balaban J connectivity index is 2.64. The lowest BCUT2D eigenvalue weighted by Crippen LogP contribution is -2.05. The van der Waals surface area contributed by atoms with Crippen molar-refractivity contribution < 1.29 is 8.95 Å². The van der Waals surface area contributed by atoms with Crippen molar-refractivity contribution in [3.8, 4) is 5.75 Å². The molecule has 0 amide bonds. The van der Waals surface area contributed by atoms with Gasteiger partial charge in [-0.15, -0.1) is 0 Å². The molecule has 3 nitrogen and oxygen atoms in total. The number of hydrogen-bond acceptors (Lipinski definition) is 2. The SMILES string of the molecule is CC[S@@](=O)Nc1ccc(OC)cc1. The van der Waals surface area contributed by atoms with Crippen molar-refractivity contribution in [3.63, 3.8) is 0 Å². The molecule has 1 aromatic rings. The largest absolute Gasteiger partial charge is 0.497 e. The Morgan fingerprint density at radius 3 is 2.46 bits per heavy atom. The number of benzene rings is 1. The zero-order chi connectivity index (χ0) is 9.68. The van der Waals surface area contributed by atoms with Crippen LogP contribution >= 0.6 is 0 Å². The number of hydrogen-bond donors (Lipinski definition) is 1. The minimum Gasteiger partial charge on any atom is -0.497 e. The molecule has 0 aliphatic heterocycles. The van der Waals surface area contributed by atoms with Gasteiger partial charge in [-0.05, 0) is 24.3 Å². The van der Waals surface area contributed by atoms with Crippen LogP contribution in [-0.4, -0.2) is 17.1 Å². The molecule has 0 fully saturated rings. The van der Waals surface area contributed by atoms with E-state index in [2.05, 4.69) is 4.72 Å². The average Bonchev–Trinajstić information content (AvgIpc) is 2.19. The highest BCUT2D eigenvalue weighted by Gasteiger charge is 1.96. The van der Waals surface area contributed by atoms with Gasteiger partial charge in [0, 0.05) is 11.4 Å². The topological polar surface area (TPSA) is 38.3 Å². The Labute approximate surface area is 80.7 Å². The van der Waals surface area contributed by atoms with Gasteiger partial charge < -0.3 is 9.46 Å². The van der Waals surface area contributed by atoms with Crippen LogP contribution in [0.5, 0.6) is 5.75 Å². The molecule has 4 heteroatoms. The van der Waals surface area contributed by atoms with Crippen molar-refractivity contribution in [2.24, 2.45) is 0 Å². The molecule has 1 atom stereocenters. The van der Waals surface area contributed by atoms with Crippen LogP contribution in [0, 0.1) is 0 Å². The number of ether oxygens (including phenoxy) is 1. The molecule has 13 heavy (non-hydrogen) atoms. The fourth-order valence-corrected chi connectivity index (χ4v) is 1.41. The third kappa shape index (κ3) is 3.06. The van der Waals surface area contributed by atoms with Gasteiger partial charge in [0.25, 0.3) is 0 Å². The van der Waals surface area contributed by atoms with Gasteiger partial charge in [-0.25, -0.2) is 4.21 Å². The van der Waals surface area contributed by atoms with Crippen LogP contribution in [0.3, 0.4) is 0 Å². The Morgan fingerprint density at radius 2 is 2.00 bits per heavy atom. The molecule has 1 N–H and O–H groups in total. The van der Waals surface area contributed by atoms with Crippen LogP contribution in [0.15, 0.2) is 24.3 Å².